The van der Waals surface area contributed by atoms with Crippen LogP contribution >= 0.6 is 0 Å². The molecule has 0 spiro atoms. The number of aromatic nitrogens is 1. The summed E-state index contributed by atoms with van der Waals surface area (Å²) in [5, 5.41) is 11.4. The van der Waals surface area contributed by atoms with Gasteiger partial charge in [0, 0.05) is 47.4 Å². The van der Waals surface area contributed by atoms with Crippen LogP contribution in [0.2, 0.25) is 0 Å². The number of allylic oxidation sites excluding steroid dienone is 6. The summed E-state index contributed by atoms with van der Waals surface area (Å²) in [6.45, 7) is 4.79. The van der Waals surface area contributed by atoms with E-state index in [1.165, 1.54) is 0 Å². The summed E-state index contributed by atoms with van der Waals surface area (Å²) >= 11 is 0. The van der Waals surface area contributed by atoms with Crippen molar-refractivity contribution in [1.82, 2.24) is 0 Å². The maximum Gasteiger partial charge on any atom is 0.265 e. The zero-order valence-corrected chi connectivity index (χ0v) is 27.0. The molecule has 2 aliphatic rings. The lowest BCUT2D eigenvalue weighted by molar-refractivity contribution is -0.671. The van der Waals surface area contributed by atoms with Crippen LogP contribution in [-0.4, -0.2) is 40.7 Å². The van der Waals surface area contributed by atoms with Gasteiger partial charge < -0.3 is 5.11 Å². The summed E-state index contributed by atoms with van der Waals surface area (Å²) < 4.78 is 36.4. The molecule has 1 aromatic heterocycles. The van der Waals surface area contributed by atoms with Crippen LogP contribution in [0.1, 0.15) is 67.3 Å². The summed E-state index contributed by atoms with van der Waals surface area (Å²) in [6.07, 6.45) is 26.2. The maximum atomic E-state index is 11.5. The van der Waals surface area contributed by atoms with Crippen LogP contribution in [0.3, 0.4) is 0 Å². The van der Waals surface area contributed by atoms with Crippen molar-refractivity contribution < 1.29 is 27.2 Å². The van der Waals surface area contributed by atoms with Crippen molar-refractivity contribution in [2.45, 2.75) is 44.9 Å². The van der Waals surface area contributed by atoms with E-state index >= 15 is 0 Å². The van der Waals surface area contributed by atoms with E-state index in [0.717, 1.165) is 58.5 Å². The van der Waals surface area contributed by atoms with Gasteiger partial charge in [-0.15, -0.1) is 0 Å². The van der Waals surface area contributed by atoms with Gasteiger partial charge in [0.2, 0.25) is 5.69 Å². The molecule has 6 nitrogen and oxygen atoms in total. The van der Waals surface area contributed by atoms with Gasteiger partial charge in [0.25, 0.3) is 10.1 Å². The highest BCUT2D eigenvalue weighted by molar-refractivity contribution is 7.85. The summed E-state index contributed by atoms with van der Waals surface area (Å²) in [5.41, 5.74) is 7.42. The normalized spacial score (nSPS) is 16.6. The van der Waals surface area contributed by atoms with Crippen LogP contribution in [0.5, 0.6) is 5.75 Å². The molecule has 0 unspecified atom stereocenters. The van der Waals surface area contributed by atoms with Gasteiger partial charge in [-0.05, 0) is 68.0 Å². The van der Waals surface area contributed by atoms with Gasteiger partial charge in [-0.2, -0.15) is 13.0 Å². The first kappa shape index (κ1) is 32.1. The molecule has 0 bridgehead atoms. The Balaban J connectivity index is 1.55. The Morgan fingerprint density at radius 2 is 1.58 bits per heavy atom. The molecule has 1 aliphatic heterocycles. The largest absolute Gasteiger partial charge is 0.507 e. The first-order valence-electron chi connectivity index (χ1n) is 15.4. The highest BCUT2D eigenvalue weighted by Gasteiger charge is 2.43. The van der Waals surface area contributed by atoms with Gasteiger partial charge in [-0.1, -0.05) is 60.7 Å². The Morgan fingerprint density at radius 1 is 0.889 bits per heavy atom. The minimum Gasteiger partial charge on any atom is -0.507 e. The highest BCUT2D eigenvalue weighted by atomic mass is 32.2. The molecule has 0 fully saturated rings. The standard InChI is InChI=1S/C38H40N2O4S/c1-38(2)34-13-8-9-14-35(34)40(23-10-26-45(42,43)44)36(38)20-17-31-27-32(18-15-29-11-6-4-5-7-12-29)37(41)33(28-31)19-16-30-21-24-39(3)25-22-30/h6,8-9,11-22,24-25,27-28H,4-5,7,10,23,26H2,1-3H3/p+2. The second kappa shape index (κ2) is 13.8. The zero-order valence-electron chi connectivity index (χ0n) is 26.2. The number of hydrogen-bond donors (Lipinski definition) is 2. The number of fused-ring (bicyclic) bond motifs is 1. The van der Waals surface area contributed by atoms with E-state index in [-0.39, 0.29) is 16.9 Å². The Morgan fingerprint density at radius 3 is 2.31 bits per heavy atom. The van der Waals surface area contributed by atoms with Crippen LogP contribution in [-0.2, 0) is 22.6 Å². The number of pyridine rings is 1. The van der Waals surface area contributed by atoms with Crippen molar-refractivity contribution in [1.29, 1.82) is 0 Å². The minimum atomic E-state index is -4.05. The van der Waals surface area contributed by atoms with Crippen molar-refractivity contribution in [3.8, 4) is 5.75 Å². The number of aromatic hydroxyl groups is 1. The van der Waals surface area contributed by atoms with Gasteiger partial charge in [0.15, 0.2) is 18.1 Å². The molecule has 0 saturated carbocycles. The van der Waals surface area contributed by atoms with E-state index in [1.807, 2.05) is 78.6 Å². The lowest BCUT2D eigenvalue weighted by Crippen LogP contribution is -2.28. The van der Waals surface area contributed by atoms with Crippen LogP contribution < -0.4 is 4.57 Å². The van der Waals surface area contributed by atoms with Crippen molar-refractivity contribution in [2.75, 3.05) is 12.3 Å². The molecule has 0 amide bonds. The molecule has 45 heavy (non-hydrogen) atoms. The van der Waals surface area contributed by atoms with Crippen LogP contribution in [0.15, 0.2) is 96.9 Å². The van der Waals surface area contributed by atoms with Crippen molar-refractivity contribution >= 4 is 45.8 Å². The van der Waals surface area contributed by atoms with Gasteiger partial charge in [-0.3, -0.25) is 4.55 Å². The number of aryl methyl sites for hydroxylation is 1. The number of phenolic OH excluding ortho intramolecular Hbond substituents is 1. The highest BCUT2D eigenvalue weighted by Crippen LogP contribution is 2.40. The molecule has 2 aromatic carbocycles. The number of rotatable bonds is 10. The maximum absolute atomic E-state index is 11.5. The first-order chi connectivity index (χ1) is 21.5. The predicted octanol–water partition coefficient (Wildman–Crippen LogP) is 7.43. The zero-order chi connectivity index (χ0) is 32.0. The third kappa shape index (κ3) is 8.04. The SMILES string of the molecule is C[n+]1ccc(C=Cc2cc(C=CC3=[N+](CCCS(=O)(=O)O)c4ccccc4C3(C)C)cc(C=CC3=CCCCC=C3)c2O)cc1. The van der Waals surface area contributed by atoms with E-state index < -0.39 is 10.1 Å². The fourth-order valence-electron chi connectivity index (χ4n) is 5.93. The average molecular weight is 623 g/mol. The van der Waals surface area contributed by atoms with Crippen molar-refractivity contribution in [3.63, 3.8) is 0 Å². The predicted molar refractivity (Wildman–Crippen MR) is 184 cm³/mol. The molecule has 0 saturated heterocycles. The Bertz CT molecular complexity index is 1860. The molecular weight excluding hydrogens is 580 g/mol. The lowest BCUT2D eigenvalue weighted by atomic mass is 9.81. The first-order valence-corrected chi connectivity index (χ1v) is 17.0. The van der Waals surface area contributed by atoms with Gasteiger partial charge >= 0.3 is 0 Å². The molecular formula is C38H42N2O4S+2. The number of hydrogen-bond acceptors (Lipinski definition) is 3. The second-order valence-corrected chi connectivity index (χ2v) is 13.8. The Labute approximate surface area is 267 Å². The molecule has 0 atom stereocenters. The van der Waals surface area contributed by atoms with E-state index in [9.17, 15) is 18.1 Å². The summed E-state index contributed by atoms with van der Waals surface area (Å²) in [6, 6.07) is 16.2. The van der Waals surface area contributed by atoms with E-state index in [1.54, 1.807) is 0 Å². The molecule has 232 valence electrons. The Hall–Kier alpha value is -4.33. The summed E-state index contributed by atoms with van der Waals surface area (Å²) in [5.74, 6) is -0.0787. The number of nitrogens with zero attached hydrogens (tertiary/aromatic N) is 2. The molecule has 5 rings (SSSR count). The van der Waals surface area contributed by atoms with E-state index in [0.29, 0.717) is 18.5 Å². The molecule has 7 heteroatoms. The topological polar surface area (TPSA) is 81.5 Å². The van der Waals surface area contributed by atoms with Crippen molar-refractivity contribution in [3.05, 3.63) is 125 Å². The number of para-hydroxylation sites is 1. The Kier molecular flexibility index (Phi) is 9.80. The van der Waals surface area contributed by atoms with E-state index in [4.69, 9.17) is 0 Å². The smallest absolute Gasteiger partial charge is 0.265 e. The quantitative estimate of drug-likeness (QED) is 0.182. The molecule has 0 radical (unpaired) electrons. The van der Waals surface area contributed by atoms with Crippen LogP contribution in [0, 0.1) is 0 Å². The monoisotopic (exact) mass is 622 g/mol. The van der Waals surface area contributed by atoms with Crippen LogP contribution in [0.25, 0.3) is 24.3 Å². The molecule has 2 N–H and O–H groups in total. The van der Waals surface area contributed by atoms with Gasteiger partial charge in [0.05, 0.1) is 11.2 Å². The summed E-state index contributed by atoms with van der Waals surface area (Å²) in [4.78, 5) is 0. The second-order valence-electron chi connectivity index (χ2n) is 12.2. The number of phenols is 1. The average Bonchev–Trinajstić information content (AvgIpc) is 3.15. The minimum absolute atomic E-state index is 0.215. The summed E-state index contributed by atoms with van der Waals surface area (Å²) in [7, 11) is -2.08. The lowest BCUT2D eigenvalue weighted by Gasteiger charge is -2.15. The van der Waals surface area contributed by atoms with Gasteiger partial charge in [0.1, 0.15) is 19.3 Å². The third-order valence-corrected chi connectivity index (χ3v) is 9.19. The van der Waals surface area contributed by atoms with Gasteiger partial charge in [-0.25, -0.2) is 4.57 Å². The van der Waals surface area contributed by atoms with Crippen molar-refractivity contribution in [2.24, 2.45) is 7.05 Å². The third-order valence-electron chi connectivity index (χ3n) is 8.39. The van der Waals surface area contributed by atoms with Crippen LogP contribution in [0.4, 0.5) is 5.69 Å². The molecule has 1 aliphatic carbocycles. The molecule has 3 aromatic rings. The number of benzene rings is 2. The fraction of sp³-hybridized carbons (Fsp3) is 0.263. The molecule has 2 heterocycles. The van der Waals surface area contributed by atoms with E-state index in [2.05, 4.69) is 67.0 Å². The fourth-order valence-corrected chi connectivity index (χ4v) is 6.42.